The van der Waals surface area contributed by atoms with Gasteiger partial charge in [-0.05, 0) is 68.3 Å². The number of epoxide rings is 1. The summed E-state index contributed by atoms with van der Waals surface area (Å²) in [5, 5.41) is 2.63. The molecule has 0 saturated carbocycles. The van der Waals surface area contributed by atoms with Gasteiger partial charge in [0.25, 0.3) is 0 Å². The number of aromatic nitrogens is 2. The molecule has 0 N–H and O–H groups in total. The van der Waals surface area contributed by atoms with Crippen LogP contribution in [0.4, 0.5) is 0 Å². The fraction of sp³-hybridized carbons (Fsp3) is 0.346. The minimum atomic E-state index is -3.54. The van der Waals surface area contributed by atoms with Crippen molar-refractivity contribution < 1.29 is 26.4 Å². The smallest absolute Gasteiger partial charge is 0.236 e. The number of ketones is 1. The van der Waals surface area contributed by atoms with Crippen LogP contribution in [0.5, 0.6) is 0 Å². The third-order valence-electron chi connectivity index (χ3n) is 6.22. The molecule has 12 heteroatoms. The molecule has 0 bridgehead atoms. The molecule has 1 atom stereocenters. The van der Waals surface area contributed by atoms with E-state index in [1.54, 1.807) is 37.3 Å². The molecule has 1 saturated heterocycles. The van der Waals surface area contributed by atoms with E-state index in [2.05, 4.69) is 0 Å². The molecule has 4 aromatic rings. The van der Waals surface area contributed by atoms with Crippen LogP contribution in [0.2, 0.25) is 10.0 Å². The minimum absolute atomic E-state index is 0. The molecule has 2 aromatic carbocycles. The van der Waals surface area contributed by atoms with E-state index in [1.165, 1.54) is 17.2 Å². The average molecular weight is 602 g/mol. The first-order valence-corrected chi connectivity index (χ1v) is 15.6. The van der Waals surface area contributed by atoms with Crippen LogP contribution in [0.1, 0.15) is 48.6 Å². The van der Waals surface area contributed by atoms with Crippen LogP contribution < -0.4 is 0 Å². The van der Waals surface area contributed by atoms with Crippen LogP contribution in [-0.4, -0.2) is 49.7 Å². The largest absolute Gasteiger partial charge is 0.363 e. The lowest BCUT2D eigenvalue weighted by molar-refractivity contribution is 0.101. The summed E-state index contributed by atoms with van der Waals surface area (Å²) in [7, 11) is -6.93. The minimum Gasteiger partial charge on any atom is -0.363 e. The average Bonchev–Trinajstić information content (AvgIpc) is 3.21. The lowest BCUT2D eigenvalue weighted by atomic mass is 10.1. The number of rotatable bonds is 4. The Hall–Kier alpha value is -2.37. The van der Waals surface area contributed by atoms with Crippen molar-refractivity contribution in [2.45, 2.75) is 40.7 Å². The standard InChI is InChI=1S/C13H14ClNO3S.C12H12ClNO3S.CH4/c1-8-4-11-9(5-10(8)14)6-12(13(2)7-18-13)15(11)19(3,16)17;1-7-4-12-9(5-10(7)13)6-11(8(2)15)14(12)18(3,16)17;/h4-6H,7H2,1-3H3;4-6H,1-3H3;1H4. The van der Waals surface area contributed by atoms with Crippen molar-refractivity contribution in [1.82, 2.24) is 7.94 Å². The van der Waals surface area contributed by atoms with Crippen molar-refractivity contribution in [3.8, 4) is 0 Å². The van der Waals surface area contributed by atoms with Crippen molar-refractivity contribution in [2.24, 2.45) is 0 Å². The van der Waals surface area contributed by atoms with Crippen LogP contribution in [0.3, 0.4) is 0 Å². The molecule has 206 valence electrons. The molecule has 38 heavy (non-hydrogen) atoms. The first-order chi connectivity index (χ1) is 16.9. The first kappa shape index (κ1) is 30.2. The van der Waals surface area contributed by atoms with Gasteiger partial charge in [-0.1, -0.05) is 30.6 Å². The highest BCUT2D eigenvalue weighted by Gasteiger charge is 2.45. The third-order valence-corrected chi connectivity index (χ3v) is 9.15. The molecular formula is C26H30Cl2N2O6S2. The quantitative estimate of drug-likeness (QED) is 0.213. The van der Waals surface area contributed by atoms with Gasteiger partial charge in [-0.2, -0.15) is 0 Å². The highest BCUT2D eigenvalue weighted by atomic mass is 35.5. The number of halogens is 2. The van der Waals surface area contributed by atoms with Gasteiger partial charge in [-0.3, -0.25) is 4.79 Å². The molecule has 0 aliphatic carbocycles. The topological polar surface area (TPSA) is 108 Å². The molecule has 2 aromatic heterocycles. The molecule has 0 amide bonds. The summed E-state index contributed by atoms with van der Waals surface area (Å²) in [6, 6.07) is 10.3. The SMILES string of the molecule is C.CC(=O)c1cc2cc(Cl)c(C)cc2n1S(C)(=O)=O.Cc1cc2c(cc1Cl)cc(C1(C)CO1)n2S(C)(=O)=O. The van der Waals surface area contributed by atoms with E-state index >= 15 is 0 Å². The van der Waals surface area contributed by atoms with E-state index in [-0.39, 0.29) is 18.9 Å². The zero-order valence-electron chi connectivity index (χ0n) is 21.1. The number of fused-ring (bicyclic) bond motifs is 2. The van der Waals surface area contributed by atoms with Crippen LogP contribution in [0.15, 0.2) is 36.4 Å². The van der Waals surface area contributed by atoms with E-state index in [1.807, 2.05) is 19.9 Å². The van der Waals surface area contributed by atoms with E-state index < -0.39 is 25.6 Å². The van der Waals surface area contributed by atoms with Crippen molar-refractivity contribution in [3.05, 3.63) is 69.0 Å². The number of carbonyl (C=O) groups excluding carboxylic acids is 1. The van der Waals surface area contributed by atoms with Gasteiger partial charge < -0.3 is 4.74 Å². The van der Waals surface area contributed by atoms with E-state index in [0.717, 1.165) is 26.7 Å². The summed E-state index contributed by atoms with van der Waals surface area (Å²) in [5.74, 6) is -0.301. The van der Waals surface area contributed by atoms with Crippen LogP contribution in [-0.2, 0) is 30.4 Å². The first-order valence-electron chi connectivity index (χ1n) is 11.1. The Morgan fingerprint density at radius 1 is 0.842 bits per heavy atom. The number of benzene rings is 2. The van der Waals surface area contributed by atoms with Crippen molar-refractivity contribution in [2.75, 3.05) is 19.1 Å². The Bertz CT molecular complexity index is 1820. The van der Waals surface area contributed by atoms with Gasteiger partial charge in [0.1, 0.15) is 11.3 Å². The van der Waals surface area contributed by atoms with E-state index in [4.69, 9.17) is 27.9 Å². The summed E-state index contributed by atoms with van der Waals surface area (Å²) in [6.45, 7) is 7.40. The van der Waals surface area contributed by atoms with Gasteiger partial charge in [-0.15, -0.1) is 0 Å². The van der Waals surface area contributed by atoms with Crippen molar-refractivity contribution in [3.63, 3.8) is 0 Å². The van der Waals surface area contributed by atoms with Crippen LogP contribution in [0, 0.1) is 13.8 Å². The lowest BCUT2D eigenvalue weighted by Gasteiger charge is -2.11. The van der Waals surface area contributed by atoms with Crippen molar-refractivity contribution >= 4 is 70.8 Å². The Kier molecular flexibility index (Phi) is 7.93. The molecule has 3 heterocycles. The highest BCUT2D eigenvalue weighted by Crippen LogP contribution is 2.42. The Balaban J connectivity index is 0.000000206. The zero-order valence-corrected chi connectivity index (χ0v) is 24.2. The Labute approximate surface area is 233 Å². The predicted octanol–water partition coefficient (Wildman–Crippen LogP) is 5.91. The van der Waals surface area contributed by atoms with Gasteiger partial charge in [0.2, 0.25) is 20.0 Å². The molecule has 1 fully saturated rings. The summed E-state index contributed by atoms with van der Waals surface area (Å²) < 4.78 is 55.6. The number of carbonyl (C=O) groups is 1. The van der Waals surface area contributed by atoms with Gasteiger partial charge >= 0.3 is 0 Å². The fourth-order valence-corrected chi connectivity index (χ4v) is 6.72. The fourth-order valence-electron chi connectivity index (χ4n) is 4.20. The van der Waals surface area contributed by atoms with Gasteiger partial charge in [0.05, 0.1) is 35.8 Å². The number of Topliss-reactive ketones (excluding diaryl/α,β-unsaturated/α-hetero) is 1. The Morgan fingerprint density at radius 3 is 1.66 bits per heavy atom. The predicted molar refractivity (Wildman–Crippen MR) is 154 cm³/mol. The maximum Gasteiger partial charge on any atom is 0.236 e. The molecule has 0 radical (unpaired) electrons. The highest BCUT2D eigenvalue weighted by molar-refractivity contribution is 7.89. The molecular weight excluding hydrogens is 571 g/mol. The van der Waals surface area contributed by atoms with Crippen LogP contribution in [0.25, 0.3) is 21.8 Å². The second kappa shape index (κ2) is 9.98. The second-order valence-corrected chi connectivity index (χ2v) is 14.0. The number of hydrogen-bond donors (Lipinski definition) is 0. The van der Waals surface area contributed by atoms with Gasteiger partial charge in [0.15, 0.2) is 5.78 Å². The normalized spacial score (nSPS) is 17.2. The molecule has 8 nitrogen and oxygen atoms in total. The number of aryl methyl sites for hydroxylation is 2. The molecule has 5 rings (SSSR count). The Morgan fingerprint density at radius 2 is 1.26 bits per heavy atom. The van der Waals surface area contributed by atoms with Gasteiger partial charge in [0, 0.05) is 27.7 Å². The second-order valence-electron chi connectivity index (χ2n) is 9.51. The van der Waals surface area contributed by atoms with E-state index in [0.29, 0.717) is 38.8 Å². The van der Waals surface area contributed by atoms with Gasteiger partial charge in [-0.25, -0.2) is 24.8 Å². The molecule has 0 spiro atoms. The van der Waals surface area contributed by atoms with E-state index in [9.17, 15) is 21.6 Å². The lowest BCUT2D eigenvalue weighted by Crippen LogP contribution is -2.18. The molecule has 1 unspecified atom stereocenters. The summed E-state index contributed by atoms with van der Waals surface area (Å²) in [6.07, 6.45) is 2.27. The summed E-state index contributed by atoms with van der Waals surface area (Å²) >= 11 is 12.1. The number of nitrogens with zero attached hydrogens (tertiary/aromatic N) is 2. The van der Waals surface area contributed by atoms with Crippen LogP contribution >= 0.6 is 23.2 Å². The van der Waals surface area contributed by atoms with Crippen molar-refractivity contribution in [1.29, 1.82) is 0 Å². The zero-order chi connectivity index (χ0) is 27.7. The number of hydrogen-bond acceptors (Lipinski definition) is 6. The number of ether oxygens (including phenoxy) is 1. The molecule has 1 aliphatic heterocycles. The summed E-state index contributed by atoms with van der Waals surface area (Å²) in [5.41, 5.74) is 3.04. The molecule has 1 aliphatic rings. The summed E-state index contributed by atoms with van der Waals surface area (Å²) in [4.78, 5) is 11.5. The maximum atomic E-state index is 12.1. The maximum absolute atomic E-state index is 12.1. The third kappa shape index (κ3) is 5.51. The monoisotopic (exact) mass is 600 g/mol.